The zero-order chi connectivity index (χ0) is 28.3. The van der Waals surface area contributed by atoms with E-state index >= 15 is 0 Å². The second-order valence-corrected chi connectivity index (χ2v) is 13.2. The number of nitrogens with one attached hydrogen (secondary N) is 1. The number of anilines is 1. The Morgan fingerprint density at radius 1 is 1.15 bits per heavy atom. The van der Waals surface area contributed by atoms with Gasteiger partial charge in [0.25, 0.3) is 5.56 Å². The predicted molar refractivity (Wildman–Crippen MR) is 145 cm³/mol. The van der Waals surface area contributed by atoms with E-state index in [9.17, 15) is 26.4 Å². The molecule has 1 unspecified atom stereocenters. The summed E-state index contributed by atoms with van der Waals surface area (Å²) in [5.41, 5.74) is 1.42. The molecule has 1 amide bonds. The Kier molecular flexibility index (Phi) is 6.80. The van der Waals surface area contributed by atoms with E-state index in [0.717, 1.165) is 17.3 Å². The molecular formula is C22H20ClN7O6S3. The average Bonchev–Trinajstić information content (AvgIpc) is 3.42. The van der Waals surface area contributed by atoms with Crippen molar-refractivity contribution >= 4 is 66.0 Å². The molecule has 5 N–H and O–H groups in total. The summed E-state index contributed by atoms with van der Waals surface area (Å²) in [6, 6.07) is 8.55. The standard InChI is InChI=1S/C22H20ClN7O6S3/c1-11-4-2-3-5-16(11)30-20-13(9-26-30)21(32)29-12(10-37-22(29)28-20)6-19(31)27-15-7-14(23)17(38(24,33)34)8-18(15)39(25,35)36/h2-5,7-9,12H,6,10H2,1H3,(H,27,31)(H2,24,33,34)(H2,25,35,36). The van der Waals surface area contributed by atoms with Gasteiger partial charge in [-0.05, 0) is 30.7 Å². The highest BCUT2D eigenvalue weighted by Gasteiger charge is 2.31. The Hall–Kier alpha value is -3.28. The van der Waals surface area contributed by atoms with Crippen molar-refractivity contribution in [3.05, 3.63) is 63.5 Å². The summed E-state index contributed by atoms with van der Waals surface area (Å²) in [5.74, 6) is -0.312. The summed E-state index contributed by atoms with van der Waals surface area (Å²) in [7, 11) is -8.86. The van der Waals surface area contributed by atoms with E-state index in [-0.39, 0.29) is 23.1 Å². The summed E-state index contributed by atoms with van der Waals surface area (Å²) in [6.45, 7) is 1.92. The first-order valence-corrected chi connectivity index (χ1v) is 15.6. The van der Waals surface area contributed by atoms with Gasteiger partial charge in [0.1, 0.15) is 15.2 Å². The van der Waals surface area contributed by atoms with Gasteiger partial charge in [0, 0.05) is 12.2 Å². The molecular weight excluding hydrogens is 590 g/mol. The first-order valence-electron chi connectivity index (χ1n) is 11.1. The third kappa shape index (κ3) is 5.06. The van der Waals surface area contributed by atoms with Crippen LogP contribution in [0, 0.1) is 6.92 Å². The Bertz CT molecular complexity index is 1950. The van der Waals surface area contributed by atoms with Crippen LogP contribution in [0.2, 0.25) is 5.02 Å². The molecule has 2 aromatic carbocycles. The van der Waals surface area contributed by atoms with Crippen LogP contribution >= 0.6 is 23.4 Å². The molecule has 0 fully saturated rings. The van der Waals surface area contributed by atoms with Crippen molar-refractivity contribution in [3.8, 4) is 5.69 Å². The van der Waals surface area contributed by atoms with Crippen LogP contribution in [0.4, 0.5) is 5.69 Å². The number of halogens is 1. The van der Waals surface area contributed by atoms with E-state index in [1.165, 1.54) is 22.5 Å². The van der Waals surface area contributed by atoms with Crippen LogP contribution in [0.3, 0.4) is 0 Å². The number of rotatable bonds is 6. The lowest BCUT2D eigenvalue weighted by molar-refractivity contribution is -0.116. The lowest BCUT2D eigenvalue weighted by Gasteiger charge is -2.16. The lowest BCUT2D eigenvalue weighted by atomic mass is 10.2. The van der Waals surface area contributed by atoms with Crippen LogP contribution in [-0.2, 0) is 24.8 Å². The molecule has 1 aliphatic heterocycles. The Morgan fingerprint density at radius 2 is 1.85 bits per heavy atom. The number of aromatic nitrogens is 4. The van der Waals surface area contributed by atoms with Crippen LogP contribution in [-0.4, -0.2) is 47.8 Å². The molecule has 4 aromatic rings. The molecule has 3 heterocycles. The zero-order valence-corrected chi connectivity index (χ0v) is 23.2. The highest BCUT2D eigenvalue weighted by molar-refractivity contribution is 7.99. The maximum atomic E-state index is 13.4. The summed E-state index contributed by atoms with van der Waals surface area (Å²) in [4.78, 5) is 29.6. The monoisotopic (exact) mass is 609 g/mol. The number of aryl methyl sites for hydroxylation is 1. The maximum absolute atomic E-state index is 13.4. The molecule has 1 atom stereocenters. The van der Waals surface area contributed by atoms with Gasteiger partial charge >= 0.3 is 0 Å². The SMILES string of the molecule is Cc1ccccc1-n1ncc2c(=O)n3c(nc21)SCC3CC(=O)Nc1cc(Cl)c(S(N)(=O)=O)cc1S(N)(=O)=O. The second kappa shape index (κ2) is 9.72. The minimum Gasteiger partial charge on any atom is -0.325 e. The molecule has 39 heavy (non-hydrogen) atoms. The maximum Gasteiger partial charge on any atom is 0.265 e. The molecule has 5 rings (SSSR count). The van der Waals surface area contributed by atoms with Gasteiger partial charge in [-0.25, -0.2) is 36.8 Å². The Balaban J connectivity index is 1.46. The number of primary sulfonamides is 2. The summed E-state index contributed by atoms with van der Waals surface area (Å²) >= 11 is 7.27. The molecule has 0 bridgehead atoms. The molecule has 0 saturated carbocycles. The normalized spacial score (nSPS) is 15.4. The van der Waals surface area contributed by atoms with Crippen molar-refractivity contribution in [2.24, 2.45) is 10.3 Å². The van der Waals surface area contributed by atoms with Crippen molar-refractivity contribution in [2.75, 3.05) is 11.1 Å². The number of fused-ring (bicyclic) bond motifs is 2. The van der Waals surface area contributed by atoms with E-state index in [2.05, 4.69) is 15.4 Å². The molecule has 0 aliphatic carbocycles. The quantitative estimate of drug-likeness (QED) is 0.271. The molecule has 13 nitrogen and oxygen atoms in total. The number of thioether (sulfide) groups is 1. The van der Waals surface area contributed by atoms with Crippen molar-refractivity contribution in [1.82, 2.24) is 19.3 Å². The second-order valence-electron chi connectivity index (χ2n) is 8.74. The number of carbonyl (C=O) groups excluding carboxylic acids is 1. The van der Waals surface area contributed by atoms with E-state index < -0.39 is 46.8 Å². The number of benzene rings is 2. The van der Waals surface area contributed by atoms with E-state index in [1.54, 1.807) is 4.68 Å². The van der Waals surface area contributed by atoms with Crippen LogP contribution in [0.15, 0.2) is 62.3 Å². The molecule has 2 aromatic heterocycles. The fourth-order valence-corrected chi connectivity index (χ4v) is 7.26. The fraction of sp³-hybridized carbons (Fsp3) is 0.182. The molecule has 1 aliphatic rings. The van der Waals surface area contributed by atoms with E-state index in [0.29, 0.717) is 22.6 Å². The predicted octanol–water partition coefficient (Wildman–Crippen LogP) is 1.51. The van der Waals surface area contributed by atoms with E-state index in [1.807, 2.05) is 31.2 Å². The number of nitrogens with zero attached hydrogens (tertiary/aromatic N) is 4. The largest absolute Gasteiger partial charge is 0.325 e. The third-order valence-corrected chi connectivity index (χ3v) is 9.48. The molecule has 0 saturated heterocycles. The number of carbonyl (C=O) groups is 1. The lowest BCUT2D eigenvalue weighted by Crippen LogP contribution is -2.28. The first-order chi connectivity index (χ1) is 18.3. The van der Waals surface area contributed by atoms with Crippen LogP contribution in [0.1, 0.15) is 18.0 Å². The highest BCUT2D eigenvalue weighted by Crippen LogP contribution is 2.35. The zero-order valence-electron chi connectivity index (χ0n) is 20.0. The van der Waals surface area contributed by atoms with Crippen LogP contribution < -0.4 is 21.2 Å². The number of sulfonamides is 2. The molecule has 17 heteroatoms. The van der Waals surface area contributed by atoms with Gasteiger partial charge in [-0.15, -0.1) is 0 Å². The smallest absolute Gasteiger partial charge is 0.265 e. The van der Waals surface area contributed by atoms with Gasteiger partial charge in [-0.1, -0.05) is 41.6 Å². The van der Waals surface area contributed by atoms with Crippen molar-refractivity contribution < 1.29 is 21.6 Å². The number of para-hydroxylation sites is 1. The summed E-state index contributed by atoms with van der Waals surface area (Å²) < 4.78 is 50.7. The fourth-order valence-electron chi connectivity index (χ4n) is 4.26. The highest BCUT2D eigenvalue weighted by atomic mass is 35.5. The van der Waals surface area contributed by atoms with Gasteiger partial charge in [-0.2, -0.15) is 5.10 Å². The minimum atomic E-state index is -4.48. The number of amides is 1. The van der Waals surface area contributed by atoms with Gasteiger partial charge in [0.05, 0.1) is 28.6 Å². The van der Waals surface area contributed by atoms with Crippen molar-refractivity contribution in [2.45, 2.75) is 34.3 Å². The van der Waals surface area contributed by atoms with E-state index in [4.69, 9.17) is 21.9 Å². The number of hydrogen-bond acceptors (Lipinski definition) is 9. The molecule has 0 radical (unpaired) electrons. The van der Waals surface area contributed by atoms with Gasteiger partial charge in [0.15, 0.2) is 10.8 Å². The topological polar surface area (TPSA) is 202 Å². The van der Waals surface area contributed by atoms with Gasteiger partial charge in [-0.3, -0.25) is 14.2 Å². The van der Waals surface area contributed by atoms with Crippen LogP contribution in [0.5, 0.6) is 0 Å². The minimum absolute atomic E-state index is 0.225. The first kappa shape index (κ1) is 27.3. The average molecular weight is 610 g/mol. The van der Waals surface area contributed by atoms with Crippen molar-refractivity contribution in [3.63, 3.8) is 0 Å². The van der Waals surface area contributed by atoms with Gasteiger partial charge in [0.2, 0.25) is 26.0 Å². The Labute approximate surface area is 231 Å². The number of hydrogen-bond donors (Lipinski definition) is 3. The summed E-state index contributed by atoms with van der Waals surface area (Å²) in [5, 5.41) is 17.3. The molecule has 204 valence electrons. The Morgan fingerprint density at radius 3 is 2.51 bits per heavy atom. The third-order valence-electron chi connectivity index (χ3n) is 6.06. The van der Waals surface area contributed by atoms with Gasteiger partial charge < -0.3 is 5.32 Å². The van der Waals surface area contributed by atoms with Crippen molar-refractivity contribution in [1.29, 1.82) is 0 Å². The summed E-state index contributed by atoms with van der Waals surface area (Å²) in [6.07, 6.45) is 1.20. The number of nitrogens with two attached hydrogens (primary N) is 2. The van der Waals surface area contributed by atoms with Crippen LogP contribution in [0.25, 0.3) is 16.7 Å². The molecule has 0 spiro atoms.